The van der Waals surface area contributed by atoms with E-state index in [0.717, 1.165) is 6.42 Å². The van der Waals surface area contributed by atoms with E-state index in [1.165, 1.54) is 61.3 Å². The average molecular weight is 485 g/mol. The third kappa shape index (κ3) is 3.78. The summed E-state index contributed by atoms with van der Waals surface area (Å²) in [6, 6.07) is 55.0. The van der Waals surface area contributed by atoms with Gasteiger partial charge in [-0.15, -0.1) is 0 Å². The molecule has 0 radical (unpaired) electrons. The molecular formula is C38H28. The first-order chi connectivity index (χ1) is 18.9. The van der Waals surface area contributed by atoms with Crippen molar-refractivity contribution < 1.29 is 0 Å². The second-order valence-corrected chi connectivity index (χ2v) is 10.0. The minimum Gasteiger partial charge on any atom is -0.0622 e. The van der Waals surface area contributed by atoms with Crippen LogP contribution in [0.5, 0.6) is 0 Å². The molecule has 0 nitrogen and oxygen atoms in total. The fraction of sp³-hybridized carbons (Fsp3) is 0.0526. The summed E-state index contributed by atoms with van der Waals surface area (Å²) in [6.07, 6.45) is 0.993. The summed E-state index contributed by atoms with van der Waals surface area (Å²) >= 11 is 0. The fourth-order valence-corrected chi connectivity index (χ4v) is 6.28. The van der Waals surface area contributed by atoms with Gasteiger partial charge < -0.3 is 0 Å². The van der Waals surface area contributed by atoms with Gasteiger partial charge in [0.25, 0.3) is 0 Å². The number of allylic oxidation sites excluding steroid dienone is 6. The molecule has 0 heteroatoms. The largest absolute Gasteiger partial charge is 0.0622 e. The van der Waals surface area contributed by atoms with Crippen molar-refractivity contribution in [1.82, 2.24) is 0 Å². The SMILES string of the molecule is c1ccc(C2=C3C(c4ccccc4)=C(c4ccccc4)C(c4ccccc4)=C3[C@H](c3ccccc3)C2)cc1. The molecule has 2 aliphatic carbocycles. The molecule has 0 fully saturated rings. The molecule has 5 aromatic carbocycles. The molecule has 180 valence electrons. The summed E-state index contributed by atoms with van der Waals surface area (Å²) in [5.41, 5.74) is 14.9. The fourth-order valence-electron chi connectivity index (χ4n) is 6.28. The van der Waals surface area contributed by atoms with E-state index < -0.39 is 0 Å². The Labute approximate surface area is 224 Å². The molecule has 38 heavy (non-hydrogen) atoms. The molecule has 0 bridgehead atoms. The van der Waals surface area contributed by atoms with Crippen molar-refractivity contribution in [3.8, 4) is 0 Å². The lowest BCUT2D eigenvalue weighted by Crippen LogP contribution is -2.00. The number of benzene rings is 5. The minimum atomic E-state index is 0.288. The molecule has 1 atom stereocenters. The quantitative estimate of drug-likeness (QED) is 0.233. The van der Waals surface area contributed by atoms with E-state index in [4.69, 9.17) is 0 Å². The number of fused-ring (bicyclic) bond motifs is 1. The van der Waals surface area contributed by atoms with Gasteiger partial charge in [-0.2, -0.15) is 0 Å². The summed E-state index contributed by atoms with van der Waals surface area (Å²) in [5, 5.41) is 0. The second kappa shape index (κ2) is 9.65. The lowest BCUT2D eigenvalue weighted by atomic mass is 9.84. The number of hydrogen-bond donors (Lipinski definition) is 0. The van der Waals surface area contributed by atoms with Gasteiger partial charge in [-0.3, -0.25) is 0 Å². The molecule has 0 heterocycles. The first kappa shape index (κ1) is 22.5. The maximum absolute atomic E-state index is 2.30. The van der Waals surface area contributed by atoms with Crippen LogP contribution in [0.1, 0.15) is 40.2 Å². The topological polar surface area (TPSA) is 0 Å². The first-order valence-corrected chi connectivity index (χ1v) is 13.4. The van der Waals surface area contributed by atoms with Gasteiger partial charge >= 0.3 is 0 Å². The zero-order valence-corrected chi connectivity index (χ0v) is 21.2. The van der Waals surface area contributed by atoms with Crippen LogP contribution >= 0.6 is 0 Å². The zero-order chi connectivity index (χ0) is 25.3. The highest BCUT2D eigenvalue weighted by Crippen LogP contribution is 2.62. The van der Waals surface area contributed by atoms with Crippen LogP contribution in [0.15, 0.2) is 163 Å². The van der Waals surface area contributed by atoms with Gasteiger partial charge in [0.1, 0.15) is 0 Å². The highest BCUT2D eigenvalue weighted by atomic mass is 14.4. The maximum Gasteiger partial charge on any atom is 0.0143 e. The molecule has 0 saturated carbocycles. The van der Waals surface area contributed by atoms with Crippen LogP contribution in [0.4, 0.5) is 0 Å². The lowest BCUT2D eigenvalue weighted by molar-refractivity contribution is 0.874. The molecule has 2 aliphatic rings. The van der Waals surface area contributed by atoms with Crippen LogP contribution in [0.25, 0.3) is 22.3 Å². The standard InChI is InChI=1S/C38H28/c1-6-16-27(17-7-1)32-26-33(28-18-8-2-9-19-28)38-36(31-24-14-5-15-25-31)34(29-20-10-3-11-21-29)35(37(32)38)30-22-12-4-13-23-30/h1-25,32H,26H2/t32-/m0/s1. The predicted molar refractivity (Wildman–Crippen MR) is 160 cm³/mol. The molecule has 7 rings (SSSR count). The summed E-state index contributed by atoms with van der Waals surface area (Å²) < 4.78 is 0. The summed E-state index contributed by atoms with van der Waals surface area (Å²) in [7, 11) is 0. The van der Waals surface area contributed by atoms with Gasteiger partial charge in [-0.25, -0.2) is 0 Å². The smallest absolute Gasteiger partial charge is 0.0143 e. The van der Waals surface area contributed by atoms with Crippen LogP contribution in [0.2, 0.25) is 0 Å². The third-order valence-corrected chi connectivity index (χ3v) is 7.86. The van der Waals surface area contributed by atoms with Crippen LogP contribution in [-0.4, -0.2) is 0 Å². The summed E-state index contributed by atoms with van der Waals surface area (Å²) in [6.45, 7) is 0. The molecule has 0 amide bonds. The first-order valence-electron chi connectivity index (χ1n) is 13.4. The van der Waals surface area contributed by atoms with Crippen molar-refractivity contribution in [2.45, 2.75) is 12.3 Å². The van der Waals surface area contributed by atoms with Crippen molar-refractivity contribution in [3.63, 3.8) is 0 Å². The van der Waals surface area contributed by atoms with Crippen LogP contribution < -0.4 is 0 Å². The van der Waals surface area contributed by atoms with Crippen LogP contribution in [-0.2, 0) is 0 Å². The highest BCUT2D eigenvalue weighted by Gasteiger charge is 2.42. The molecule has 0 aromatic heterocycles. The number of hydrogen-bond acceptors (Lipinski definition) is 0. The van der Waals surface area contributed by atoms with Crippen molar-refractivity contribution in [2.24, 2.45) is 0 Å². The molecule has 0 aliphatic heterocycles. The van der Waals surface area contributed by atoms with E-state index in [1.807, 2.05) is 0 Å². The van der Waals surface area contributed by atoms with Crippen molar-refractivity contribution in [3.05, 3.63) is 191 Å². The van der Waals surface area contributed by atoms with Crippen molar-refractivity contribution >= 4 is 22.3 Å². The predicted octanol–water partition coefficient (Wildman–Crippen LogP) is 9.71. The lowest BCUT2D eigenvalue weighted by Gasteiger charge is -2.19. The molecule has 0 unspecified atom stereocenters. The van der Waals surface area contributed by atoms with E-state index in [1.54, 1.807) is 0 Å². The van der Waals surface area contributed by atoms with E-state index >= 15 is 0 Å². The molecule has 5 aromatic rings. The van der Waals surface area contributed by atoms with Gasteiger partial charge in [0.05, 0.1) is 0 Å². The van der Waals surface area contributed by atoms with Crippen molar-refractivity contribution in [2.75, 3.05) is 0 Å². The van der Waals surface area contributed by atoms with Gasteiger partial charge in [-0.1, -0.05) is 152 Å². The van der Waals surface area contributed by atoms with Gasteiger partial charge in [0.15, 0.2) is 0 Å². The van der Waals surface area contributed by atoms with Gasteiger partial charge in [0.2, 0.25) is 0 Å². The Morgan fingerprint density at radius 2 is 0.711 bits per heavy atom. The summed E-state index contributed by atoms with van der Waals surface area (Å²) in [4.78, 5) is 0. The van der Waals surface area contributed by atoms with Gasteiger partial charge in [0, 0.05) is 5.92 Å². The normalized spacial score (nSPS) is 16.8. The van der Waals surface area contributed by atoms with E-state index in [-0.39, 0.29) is 5.92 Å². The Hall–Kier alpha value is -4.68. The Kier molecular flexibility index (Phi) is 5.72. The molecule has 0 saturated heterocycles. The third-order valence-electron chi connectivity index (χ3n) is 7.86. The maximum atomic E-state index is 2.30. The van der Waals surface area contributed by atoms with Crippen LogP contribution in [0.3, 0.4) is 0 Å². The van der Waals surface area contributed by atoms with E-state index in [9.17, 15) is 0 Å². The van der Waals surface area contributed by atoms with Gasteiger partial charge in [-0.05, 0) is 67.7 Å². The molecular weight excluding hydrogens is 456 g/mol. The Morgan fingerprint density at radius 3 is 1.18 bits per heavy atom. The van der Waals surface area contributed by atoms with E-state index in [2.05, 4.69) is 152 Å². The Morgan fingerprint density at radius 1 is 0.342 bits per heavy atom. The summed E-state index contributed by atoms with van der Waals surface area (Å²) in [5.74, 6) is 0.288. The monoisotopic (exact) mass is 484 g/mol. The van der Waals surface area contributed by atoms with Crippen LogP contribution in [0, 0.1) is 0 Å². The molecule has 0 N–H and O–H groups in total. The Balaban J connectivity index is 1.63. The average Bonchev–Trinajstić information content (AvgIpc) is 3.55. The second-order valence-electron chi connectivity index (χ2n) is 10.0. The Bertz CT molecular complexity index is 1670. The van der Waals surface area contributed by atoms with E-state index in [0.29, 0.717) is 0 Å². The van der Waals surface area contributed by atoms with Crippen molar-refractivity contribution in [1.29, 1.82) is 0 Å². The minimum absolute atomic E-state index is 0.288. The zero-order valence-electron chi connectivity index (χ0n) is 21.2. The molecule has 0 spiro atoms. The number of rotatable bonds is 5. The highest BCUT2D eigenvalue weighted by molar-refractivity contribution is 6.28.